The summed E-state index contributed by atoms with van der Waals surface area (Å²) in [6, 6.07) is -0.105. The molecular weight excluding hydrogens is 200 g/mol. The molecule has 0 aliphatic carbocycles. The van der Waals surface area contributed by atoms with Crippen molar-refractivity contribution in [2.75, 3.05) is 0 Å². The zero-order valence-electron chi connectivity index (χ0n) is 8.01. The van der Waals surface area contributed by atoms with Crippen LogP contribution < -0.4 is 5.73 Å². The van der Waals surface area contributed by atoms with Gasteiger partial charge < -0.3 is 10.8 Å². The number of aliphatic carboxylic acids is 1. The van der Waals surface area contributed by atoms with E-state index in [9.17, 15) is 4.79 Å². The first-order valence-corrected chi connectivity index (χ1v) is 5.38. The fourth-order valence-corrected chi connectivity index (χ4v) is 2.14. The quantitative estimate of drug-likeness (QED) is 0.777. The van der Waals surface area contributed by atoms with E-state index in [1.165, 1.54) is 11.3 Å². The topological polar surface area (TPSA) is 76.2 Å². The molecule has 0 bridgehead atoms. The fourth-order valence-electron chi connectivity index (χ4n) is 1.34. The summed E-state index contributed by atoms with van der Waals surface area (Å²) in [5, 5.41) is 8.76. The van der Waals surface area contributed by atoms with Crippen molar-refractivity contribution in [3.63, 3.8) is 0 Å². The maximum Gasteiger partial charge on any atom is 0.304 e. The highest BCUT2D eigenvalue weighted by molar-refractivity contribution is 7.09. The van der Waals surface area contributed by atoms with Crippen LogP contribution in [0.25, 0.3) is 0 Å². The summed E-state index contributed by atoms with van der Waals surface area (Å²) in [5.74, 6) is -0.919. The number of rotatable bonds is 5. The minimum absolute atomic E-state index is 0.0806. The SMILES string of the molecule is CCC(N)C(CC(=O)O)c1cncs1. The van der Waals surface area contributed by atoms with Crippen LogP contribution in [0.1, 0.15) is 30.6 Å². The van der Waals surface area contributed by atoms with Crippen LogP contribution in [-0.2, 0) is 4.79 Å². The van der Waals surface area contributed by atoms with E-state index in [1.54, 1.807) is 11.7 Å². The van der Waals surface area contributed by atoms with Gasteiger partial charge in [0.15, 0.2) is 0 Å². The zero-order valence-corrected chi connectivity index (χ0v) is 8.83. The molecule has 0 aliphatic rings. The van der Waals surface area contributed by atoms with Crippen molar-refractivity contribution >= 4 is 17.3 Å². The molecule has 5 heteroatoms. The summed E-state index contributed by atoms with van der Waals surface area (Å²) in [6.07, 6.45) is 2.56. The average Bonchev–Trinajstić information content (AvgIpc) is 2.65. The van der Waals surface area contributed by atoms with Crippen molar-refractivity contribution in [1.82, 2.24) is 4.98 Å². The Bertz CT molecular complexity index is 287. The molecule has 1 aromatic heterocycles. The molecule has 0 amide bonds. The minimum atomic E-state index is -0.813. The van der Waals surface area contributed by atoms with Gasteiger partial charge in [0.2, 0.25) is 0 Å². The number of hydrogen-bond donors (Lipinski definition) is 2. The maximum absolute atomic E-state index is 10.7. The molecule has 0 spiro atoms. The lowest BCUT2D eigenvalue weighted by Gasteiger charge is -2.19. The van der Waals surface area contributed by atoms with Gasteiger partial charge in [0, 0.05) is 23.0 Å². The second-order valence-electron chi connectivity index (χ2n) is 3.18. The molecule has 2 unspecified atom stereocenters. The van der Waals surface area contributed by atoms with Gasteiger partial charge in [-0.3, -0.25) is 9.78 Å². The van der Waals surface area contributed by atoms with Crippen LogP contribution in [0, 0.1) is 0 Å². The van der Waals surface area contributed by atoms with Gasteiger partial charge in [-0.05, 0) is 6.42 Å². The second-order valence-corrected chi connectivity index (χ2v) is 4.10. The molecule has 1 heterocycles. The first-order valence-electron chi connectivity index (χ1n) is 4.51. The van der Waals surface area contributed by atoms with Crippen LogP contribution in [0.15, 0.2) is 11.7 Å². The van der Waals surface area contributed by atoms with Gasteiger partial charge in [-0.1, -0.05) is 6.92 Å². The van der Waals surface area contributed by atoms with Gasteiger partial charge in [-0.15, -0.1) is 11.3 Å². The molecule has 1 aromatic rings. The van der Waals surface area contributed by atoms with E-state index in [1.807, 2.05) is 6.92 Å². The van der Waals surface area contributed by atoms with Crippen LogP contribution in [0.5, 0.6) is 0 Å². The Labute approximate surface area is 86.8 Å². The number of aromatic nitrogens is 1. The normalized spacial score (nSPS) is 15.0. The van der Waals surface area contributed by atoms with E-state index >= 15 is 0 Å². The number of carboxylic acid groups (broad SMARTS) is 1. The van der Waals surface area contributed by atoms with Gasteiger partial charge in [0.05, 0.1) is 11.9 Å². The number of nitrogens with two attached hydrogens (primary N) is 1. The Balaban J connectivity index is 2.77. The predicted octanol–water partition coefficient (Wildman–Crippen LogP) is 1.44. The van der Waals surface area contributed by atoms with Crippen molar-refractivity contribution in [2.24, 2.45) is 5.73 Å². The van der Waals surface area contributed by atoms with Crippen molar-refractivity contribution < 1.29 is 9.90 Å². The smallest absolute Gasteiger partial charge is 0.304 e. The van der Waals surface area contributed by atoms with Crippen molar-refractivity contribution in [3.05, 3.63) is 16.6 Å². The van der Waals surface area contributed by atoms with Crippen LogP contribution in [-0.4, -0.2) is 22.1 Å². The Kier molecular flexibility index (Phi) is 4.03. The third-order valence-corrected chi connectivity index (χ3v) is 3.11. The average molecular weight is 214 g/mol. The van der Waals surface area contributed by atoms with Gasteiger partial charge in [-0.25, -0.2) is 0 Å². The lowest BCUT2D eigenvalue weighted by atomic mass is 9.94. The van der Waals surface area contributed by atoms with E-state index in [2.05, 4.69) is 4.98 Å². The number of thiazole rings is 1. The van der Waals surface area contributed by atoms with E-state index in [0.29, 0.717) is 0 Å². The Morgan fingerprint density at radius 2 is 2.50 bits per heavy atom. The van der Waals surface area contributed by atoms with Crippen LogP contribution in [0.3, 0.4) is 0 Å². The summed E-state index contributed by atoms with van der Waals surface area (Å²) in [6.45, 7) is 1.96. The molecule has 0 saturated heterocycles. The molecule has 1 rings (SSSR count). The summed E-state index contributed by atoms with van der Waals surface area (Å²) >= 11 is 1.46. The zero-order chi connectivity index (χ0) is 10.6. The predicted molar refractivity (Wildman–Crippen MR) is 55.4 cm³/mol. The standard InChI is InChI=1S/C9H14N2O2S/c1-2-7(10)6(3-9(12)13)8-4-11-5-14-8/h4-7H,2-3,10H2,1H3,(H,12,13). The highest BCUT2D eigenvalue weighted by atomic mass is 32.1. The summed E-state index contributed by atoms with van der Waals surface area (Å²) in [4.78, 5) is 15.6. The number of nitrogens with zero attached hydrogens (tertiary/aromatic N) is 1. The monoisotopic (exact) mass is 214 g/mol. The fraction of sp³-hybridized carbons (Fsp3) is 0.556. The van der Waals surface area contributed by atoms with Gasteiger partial charge in [-0.2, -0.15) is 0 Å². The summed E-state index contributed by atoms with van der Waals surface area (Å²) in [7, 11) is 0. The third-order valence-electron chi connectivity index (χ3n) is 2.20. The highest BCUT2D eigenvalue weighted by Gasteiger charge is 2.22. The molecule has 4 nitrogen and oxygen atoms in total. The minimum Gasteiger partial charge on any atom is -0.481 e. The number of carboxylic acids is 1. The van der Waals surface area contributed by atoms with E-state index < -0.39 is 5.97 Å². The summed E-state index contributed by atoms with van der Waals surface area (Å²) in [5.41, 5.74) is 7.57. The van der Waals surface area contributed by atoms with Crippen molar-refractivity contribution in [3.8, 4) is 0 Å². The summed E-state index contributed by atoms with van der Waals surface area (Å²) < 4.78 is 0. The van der Waals surface area contributed by atoms with E-state index in [-0.39, 0.29) is 18.4 Å². The first-order chi connectivity index (χ1) is 6.65. The van der Waals surface area contributed by atoms with Crippen LogP contribution >= 0.6 is 11.3 Å². The number of hydrogen-bond acceptors (Lipinski definition) is 4. The van der Waals surface area contributed by atoms with Gasteiger partial charge >= 0.3 is 5.97 Å². The molecule has 0 radical (unpaired) electrons. The molecule has 14 heavy (non-hydrogen) atoms. The Morgan fingerprint density at radius 3 is 2.93 bits per heavy atom. The van der Waals surface area contributed by atoms with Crippen molar-refractivity contribution in [1.29, 1.82) is 0 Å². The largest absolute Gasteiger partial charge is 0.481 e. The lowest BCUT2D eigenvalue weighted by Crippen LogP contribution is -2.28. The molecule has 0 fully saturated rings. The number of carbonyl (C=O) groups is 1. The van der Waals surface area contributed by atoms with Gasteiger partial charge in [0.25, 0.3) is 0 Å². The van der Waals surface area contributed by atoms with Crippen molar-refractivity contribution in [2.45, 2.75) is 31.7 Å². The Morgan fingerprint density at radius 1 is 1.79 bits per heavy atom. The van der Waals surface area contributed by atoms with E-state index in [0.717, 1.165) is 11.3 Å². The molecule has 0 aliphatic heterocycles. The third kappa shape index (κ3) is 2.78. The van der Waals surface area contributed by atoms with Crippen LogP contribution in [0.2, 0.25) is 0 Å². The lowest BCUT2D eigenvalue weighted by molar-refractivity contribution is -0.137. The second kappa shape index (κ2) is 5.07. The van der Waals surface area contributed by atoms with Gasteiger partial charge in [0.1, 0.15) is 0 Å². The molecule has 2 atom stereocenters. The first kappa shape index (κ1) is 11.1. The Hall–Kier alpha value is -0.940. The molecule has 78 valence electrons. The van der Waals surface area contributed by atoms with E-state index in [4.69, 9.17) is 10.8 Å². The molecule has 0 aromatic carbocycles. The molecule has 3 N–H and O–H groups in total. The van der Waals surface area contributed by atoms with Crippen LogP contribution in [0.4, 0.5) is 0 Å². The molecular formula is C9H14N2O2S. The molecule has 0 saturated carbocycles. The maximum atomic E-state index is 10.7. The highest BCUT2D eigenvalue weighted by Crippen LogP contribution is 2.26.